The maximum Gasteiger partial charge on any atom is 0.339 e. The lowest BCUT2D eigenvalue weighted by molar-refractivity contribution is -0.125. The Hall–Kier alpha value is -2.15. The average Bonchev–Trinajstić information content (AvgIpc) is 3.01. The molecule has 1 atom stereocenters. The molecule has 7 heteroatoms. The number of carbonyl (C=O) groups is 2. The molecule has 0 spiro atoms. The Labute approximate surface area is 134 Å². The highest BCUT2D eigenvalue weighted by atomic mass is 79.9. The van der Waals surface area contributed by atoms with Crippen molar-refractivity contribution in [3.63, 3.8) is 0 Å². The highest BCUT2D eigenvalue weighted by Crippen LogP contribution is 2.18. The third-order valence-corrected chi connectivity index (χ3v) is 3.52. The predicted molar refractivity (Wildman–Crippen MR) is 79.6 cm³/mol. The van der Waals surface area contributed by atoms with Gasteiger partial charge < -0.3 is 14.5 Å². The van der Waals surface area contributed by atoms with E-state index in [0.29, 0.717) is 10.2 Å². The molecular weight excluding hydrogens is 357 g/mol. The average molecular weight is 370 g/mol. The van der Waals surface area contributed by atoms with Gasteiger partial charge in [0.05, 0.1) is 17.9 Å². The molecule has 0 aliphatic heterocycles. The Morgan fingerprint density at radius 3 is 2.86 bits per heavy atom. The van der Waals surface area contributed by atoms with Crippen LogP contribution in [0.15, 0.2) is 45.5 Å². The largest absolute Gasteiger partial charge is 0.467 e. The minimum atomic E-state index is -0.785. The molecule has 0 aliphatic carbocycles. The van der Waals surface area contributed by atoms with Crippen LogP contribution >= 0.6 is 15.9 Å². The molecule has 116 valence electrons. The van der Waals surface area contributed by atoms with E-state index in [1.54, 1.807) is 19.1 Å². The summed E-state index contributed by atoms with van der Waals surface area (Å²) in [4.78, 5) is 23.5. The molecule has 2 rings (SSSR count). The second kappa shape index (κ2) is 7.22. The first-order valence-electron chi connectivity index (χ1n) is 6.42. The van der Waals surface area contributed by atoms with E-state index in [4.69, 9.17) is 9.15 Å². The van der Waals surface area contributed by atoms with Crippen LogP contribution in [0.5, 0.6) is 0 Å². The van der Waals surface area contributed by atoms with Crippen molar-refractivity contribution in [1.82, 2.24) is 5.32 Å². The summed E-state index contributed by atoms with van der Waals surface area (Å²) in [6.45, 7) is 1.27. The molecule has 1 aromatic heterocycles. The number of carbonyl (C=O) groups excluding carboxylic acids is 2. The van der Waals surface area contributed by atoms with Crippen LogP contribution in [0.25, 0.3) is 0 Å². The minimum Gasteiger partial charge on any atom is -0.467 e. The van der Waals surface area contributed by atoms with Crippen molar-refractivity contribution in [3.8, 4) is 0 Å². The topological polar surface area (TPSA) is 68.5 Å². The molecule has 0 radical (unpaired) electrons. The van der Waals surface area contributed by atoms with Crippen molar-refractivity contribution in [2.45, 2.75) is 13.0 Å². The van der Waals surface area contributed by atoms with Gasteiger partial charge in [0.1, 0.15) is 11.6 Å². The number of ether oxygens (including phenoxy) is 1. The number of hydrogen-bond acceptors (Lipinski definition) is 4. The van der Waals surface area contributed by atoms with Gasteiger partial charge in [-0.2, -0.15) is 0 Å². The number of furan rings is 1. The van der Waals surface area contributed by atoms with Gasteiger partial charge >= 0.3 is 5.97 Å². The Morgan fingerprint density at radius 1 is 1.41 bits per heavy atom. The van der Waals surface area contributed by atoms with Crippen molar-refractivity contribution in [2.75, 3.05) is 6.61 Å². The molecule has 0 aliphatic rings. The van der Waals surface area contributed by atoms with Crippen LogP contribution in [0.3, 0.4) is 0 Å². The normalized spacial score (nSPS) is 11.8. The minimum absolute atomic E-state index is 0.0203. The molecule has 0 fully saturated rings. The van der Waals surface area contributed by atoms with Crippen molar-refractivity contribution in [1.29, 1.82) is 0 Å². The Balaban J connectivity index is 1.88. The van der Waals surface area contributed by atoms with Gasteiger partial charge in [0.25, 0.3) is 5.91 Å². The highest BCUT2D eigenvalue weighted by molar-refractivity contribution is 9.10. The number of hydrogen-bond donors (Lipinski definition) is 1. The lowest BCUT2D eigenvalue weighted by Crippen LogP contribution is -2.31. The van der Waals surface area contributed by atoms with Gasteiger partial charge in [-0.3, -0.25) is 4.79 Å². The molecule has 22 heavy (non-hydrogen) atoms. The molecule has 1 aromatic carbocycles. The molecule has 2 aromatic rings. The van der Waals surface area contributed by atoms with Gasteiger partial charge in [0.2, 0.25) is 0 Å². The number of benzene rings is 1. The fourth-order valence-electron chi connectivity index (χ4n) is 1.75. The Bertz CT molecular complexity index is 672. The fraction of sp³-hybridized carbons (Fsp3) is 0.200. The fourth-order valence-corrected chi connectivity index (χ4v) is 2.16. The third-order valence-electron chi connectivity index (χ3n) is 2.83. The zero-order valence-electron chi connectivity index (χ0n) is 11.6. The van der Waals surface area contributed by atoms with Gasteiger partial charge in [-0.05, 0) is 53.2 Å². The van der Waals surface area contributed by atoms with E-state index in [9.17, 15) is 14.0 Å². The highest BCUT2D eigenvalue weighted by Gasteiger charge is 2.16. The maximum absolute atomic E-state index is 13.1. The standard InChI is InChI=1S/C15H13BrFNO4/c1-9(13-3-2-6-21-13)18-14(19)8-22-15(20)11-7-10(17)4-5-12(11)16/h2-7,9H,8H2,1H3,(H,18,19)/t9-/m0/s1. The second-order valence-electron chi connectivity index (χ2n) is 4.50. The first-order chi connectivity index (χ1) is 10.5. The summed E-state index contributed by atoms with van der Waals surface area (Å²) in [6, 6.07) is 6.72. The summed E-state index contributed by atoms with van der Waals surface area (Å²) >= 11 is 3.12. The number of rotatable bonds is 5. The predicted octanol–water partition coefficient (Wildman–Crippen LogP) is 3.22. The summed E-state index contributed by atoms with van der Waals surface area (Å²) < 4.78 is 23.5. The zero-order valence-corrected chi connectivity index (χ0v) is 13.2. The van der Waals surface area contributed by atoms with Crippen LogP contribution in [0.2, 0.25) is 0 Å². The van der Waals surface area contributed by atoms with Gasteiger partial charge in [-0.15, -0.1) is 0 Å². The Morgan fingerprint density at radius 2 is 2.18 bits per heavy atom. The van der Waals surface area contributed by atoms with Crippen LogP contribution in [0, 0.1) is 5.82 Å². The number of nitrogens with one attached hydrogen (secondary N) is 1. The summed E-state index contributed by atoms with van der Waals surface area (Å²) in [5.74, 6) is -1.24. The van der Waals surface area contributed by atoms with E-state index in [-0.39, 0.29) is 11.6 Å². The molecule has 0 bridgehead atoms. The van der Waals surface area contributed by atoms with Crippen molar-refractivity contribution in [3.05, 3.63) is 58.2 Å². The molecule has 1 N–H and O–H groups in total. The molecule has 1 heterocycles. The summed E-state index contributed by atoms with van der Waals surface area (Å²) in [5, 5.41) is 2.62. The number of esters is 1. The molecular formula is C15H13BrFNO4. The van der Waals surface area contributed by atoms with Crippen LogP contribution in [-0.2, 0) is 9.53 Å². The Kier molecular flexibility index (Phi) is 5.32. The molecule has 1 amide bonds. The molecule has 0 unspecified atom stereocenters. The quantitative estimate of drug-likeness (QED) is 0.821. The number of amides is 1. The third kappa shape index (κ3) is 4.17. The van der Waals surface area contributed by atoms with E-state index in [2.05, 4.69) is 21.2 Å². The van der Waals surface area contributed by atoms with Crippen LogP contribution in [0.4, 0.5) is 4.39 Å². The number of halogens is 2. The van der Waals surface area contributed by atoms with Crippen LogP contribution in [-0.4, -0.2) is 18.5 Å². The van der Waals surface area contributed by atoms with E-state index in [0.717, 1.165) is 6.07 Å². The zero-order chi connectivity index (χ0) is 16.1. The summed E-state index contributed by atoms with van der Waals surface area (Å²) in [7, 11) is 0. The smallest absolute Gasteiger partial charge is 0.339 e. The van der Waals surface area contributed by atoms with E-state index in [1.165, 1.54) is 18.4 Å². The SMILES string of the molecule is C[C@H](NC(=O)COC(=O)c1cc(F)ccc1Br)c1ccco1. The monoisotopic (exact) mass is 369 g/mol. The van der Waals surface area contributed by atoms with Crippen molar-refractivity contribution >= 4 is 27.8 Å². The molecule has 0 saturated heterocycles. The van der Waals surface area contributed by atoms with E-state index in [1.807, 2.05) is 0 Å². The van der Waals surface area contributed by atoms with Gasteiger partial charge in [0.15, 0.2) is 6.61 Å². The van der Waals surface area contributed by atoms with Gasteiger partial charge in [-0.25, -0.2) is 9.18 Å². The first kappa shape index (κ1) is 16.2. The lowest BCUT2D eigenvalue weighted by Gasteiger charge is -2.12. The van der Waals surface area contributed by atoms with Crippen molar-refractivity contribution < 1.29 is 23.1 Å². The molecule has 5 nitrogen and oxygen atoms in total. The summed E-state index contributed by atoms with van der Waals surface area (Å²) in [5.41, 5.74) is 0.0203. The van der Waals surface area contributed by atoms with Crippen molar-refractivity contribution in [2.24, 2.45) is 0 Å². The first-order valence-corrected chi connectivity index (χ1v) is 7.21. The van der Waals surface area contributed by atoms with E-state index < -0.39 is 24.3 Å². The maximum atomic E-state index is 13.1. The summed E-state index contributed by atoms with van der Waals surface area (Å²) in [6.07, 6.45) is 1.50. The van der Waals surface area contributed by atoms with E-state index >= 15 is 0 Å². The van der Waals surface area contributed by atoms with Crippen LogP contribution < -0.4 is 5.32 Å². The van der Waals surface area contributed by atoms with Gasteiger partial charge in [0, 0.05) is 4.47 Å². The molecule has 0 saturated carbocycles. The van der Waals surface area contributed by atoms with Crippen LogP contribution in [0.1, 0.15) is 29.1 Å². The lowest BCUT2D eigenvalue weighted by atomic mass is 10.2. The second-order valence-corrected chi connectivity index (χ2v) is 5.36. The van der Waals surface area contributed by atoms with Gasteiger partial charge in [-0.1, -0.05) is 0 Å².